The van der Waals surface area contributed by atoms with E-state index in [1.807, 2.05) is 97.1 Å². The Balaban J connectivity index is 0.954. The Bertz CT molecular complexity index is 2320. The standard InChI is InChI=1S/C44H39N7O2/c1-49-23-25-50(26-24-49)28-33-15-12-31(13-16-33)11-14-32-17-22-38-35(27-32)29-51(44(38)53)41(34-7-3-2-4-8-34)43(52)48-37-20-18-36(19-21-37)47-42-39-9-5-6-10-40(39)45-30-46-42/h2-10,12-13,15-22,27,30,41H,23-26,28-29H2,1H3,(H,48,52)(H,45,46,47). The molecule has 262 valence electrons. The maximum absolute atomic E-state index is 14.0. The summed E-state index contributed by atoms with van der Waals surface area (Å²) in [6.45, 7) is 5.63. The quantitative estimate of drug-likeness (QED) is 0.168. The number of fused-ring (bicyclic) bond motifs is 2. The van der Waals surface area contributed by atoms with Gasteiger partial charge in [0.05, 0.1) is 5.52 Å². The Hall–Kier alpha value is -6.34. The van der Waals surface area contributed by atoms with Crippen molar-refractivity contribution in [1.82, 2.24) is 24.7 Å². The molecular weight excluding hydrogens is 659 g/mol. The SMILES string of the molecule is CN1CCN(Cc2ccc(C#Cc3ccc4c(c3)CN(C(C(=O)Nc3ccc(Nc5ncnc6ccccc56)cc3)c3ccccc3)C4=O)cc2)CC1. The lowest BCUT2D eigenvalue weighted by Gasteiger charge is -2.32. The third-order valence-corrected chi connectivity index (χ3v) is 9.88. The molecular formula is C44H39N7O2. The molecule has 0 saturated carbocycles. The van der Waals surface area contributed by atoms with E-state index in [2.05, 4.69) is 73.6 Å². The second kappa shape index (κ2) is 15.1. The molecule has 6 aromatic rings. The Morgan fingerprint density at radius 2 is 1.47 bits per heavy atom. The number of hydrogen-bond donors (Lipinski definition) is 2. The Morgan fingerprint density at radius 3 is 2.26 bits per heavy atom. The maximum Gasteiger partial charge on any atom is 0.255 e. The average molecular weight is 698 g/mol. The van der Waals surface area contributed by atoms with Crippen LogP contribution in [0.3, 0.4) is 0 Å². The van der Waals surface area contributed by atoms with Crippen molar-refractivity contribution >= 4 is 39.9 Å². The summed E-state index contributed by atoms with van der Waals surface area (Å²) in [7, 11) is 2.17. The van der Waals surface area contributed by atoms with Crippen LogP contribution in [-0.4, -0.2) is 69.7 Å². The van der Waals surface area contributed by atoms with Crippen molar-refractivity contribution in [3.63, 3.8) is 0 Å². The summed E-state index contributed by atoms with van der Waals surface area (Å²) in [4.78, 5) is 43.1. The zero-order chi connectivity index (χ0) is 36.1. The smallest absolute Gasteiger partial charge is 0.255 e. The summed E-state index contributed by atoms with van der Waals surface area (Å²) in [5.74, 6) is 6.79. The van der Waals surface area contributed by atoms with Crippen LogP contribution >= 0.6 is 0 Å². The lowest BCUT2D eigenvalue weighted by atomic mass is 10.0. The van der Waals surface area contributed by atoms with E-state index in [0.29, 0.717) is 23.6 Å². The summed E-state index contributed by atoms with van der Waals surface area (Å²) in [6.07, 6.45) is 1.53. The van der Waals surface area contributed by atoms with Crippen molar-refractivity contribution in [1.29, 1.82) is 0 Å². The molecule has 8 rings (SSSR count). The van der Waals surface area contributed by atoms with Gasteiger partial charge in [-0.15, -0.1) is 0 Å². The lowest BCUT2D eigenvalue weighted by Crippen LogP contribution is -2.43. The van der Waals surface area contributed by atoms with Crippen LogP contribution < -0.4 is 10.6 Å². The van der Waals surface area contributed by atoms with Crippen LogP contribution in [0, 0.1) is 11.8 Å². The number of likely N-dealkylation sites (N-methyl/N-ethyl adjacent to an activating group) is 1. The van der Waals surface area contributed by atoms with Crippen LogP contribution in [0.1, 0.15) is 44.2 Å². The topological polar surface area (TPSA) is 93.7 Å². The number of benzene rings is 5. The third-order valence-electron chi connectivity index (χ3n) is 9.88. The number of para-hydroxylation sites is 1. The van der Waals surface area contributed by atoms with E-state index in [4.69, 9.17) is 0 Å². The fourth-order valence-electron chi connectivity index (χ4n) is 6.93. The van der Waals surface area contributed by atoms with Crippen molar-refractivity contribution in [2.45, 2.75) is 19.1 Å². The second-order valence-electron chi connectivity index (χ2n) is 13.6. The Labute approximate surface area is 309 Å². The van der Waals surface area contributed by atoms with E-state index in [1.165, 1.54) is 11.9 Å². The van der Waals surface area contributed by atoms with E-state index >= 15 is 0 Å². The zero-order valence-corrected chi connectivity index (χ0v) is 29.5. The highest BCUT2D eigenvalue weighted by molar-refractivity contribution is 6.04. The van der Waals surface area contributed by atoms with Gasteiger partial charge in [0.1, 0.15) is 18.2 Å². The molecule has 0 aliphatic carbocycles. The molecule has 2 N–H and O–H groups in total. The van der Waals surface area contributed by atoms with Crippen LogP contribution in [0.4, 0.5) is 17.2 Å². The number of piperazine rings is 1. The molecule has 1 aromatic heterocycles. The van der Waals surface area contributed by atoms with Crippen molar-refractivity contribution in [2.24, 2.45) is 0 Å². The van der Waals surface area contributed by atoms with Gasteiger partial charge in [-0.25, -0.2) is 9.97 Å². The van der Waals surface area contributed by atoms with Gasteiger partial charge in [0.25, 0.3) is 11.8 Å². The summed E-state index contributed by atoms with van der Waals surface area (Å²) < 4.78 is 0. The van der Waals surface area contributed by atoms with Crippen molar-refractivity contribution in [3.8, 4) is 11.8 Å². The van der Waals surface area contributed by atoms with Crippen LogP contribution in [0.5, 0.6) is 0 Å². The molecule has 1 unspecified atom stereocenters. The van der Waals surface area contributed by atoms with Crippen LogP contribution in [0.2, 0.25) is 0 Å². The minimum Gasteiger partial charge on any atom is -0.340 e. The average Bonchev–Trinajstić information content (AvgIpc) is 3.51. The number of carbonyl (C=O) groups is 2. The van der Waals surface area contributed by atoms with Gasteiger partial charge >= 0.3 is 0 Å². The number of nitrogens with one attached hydrogen (secondary N) is 2. The van der Waals surface area contributed by atoms with Gasteiger partial charge in [-0.05, 0) is 90.5 Å². The van der Waals surface area contributed by atoms with Crippen molar-refractivity contribution < 1.29 is 9.59 Å². The molecule has 9 nitrogen and oxygen atoms in total. The molecule has 0 radical (unpaired) electrons. The Morgan fingerprint density at radius 1 is 0.774 bits per heavy atom. The van der Waals surface area contributed by atoms with Crippen molar-refractivity contribution in [2.75, 3.05) is 43.9 Å². The summed E-state index contributed by atoms with van der Waals surface area (Å²) in [5.41, 5.74) is 7.50. The first-order chi connectivity index (χ1) is 26.0. The predicted molar refractivity (Wildman–Crippen MR) is 209 cm³/mol. The van der Waals surface area contributed by atoms with Gasteiger partial charge in [-0.1, -0.05) is 66.4 Å². The number of anilines is 3. The van der Waals surface area contributed by atoms with Gasteiger partial charge in [0.2, 0.25) is 0 Å². The van der Waals surface area contributed by atoms with E-state index < -0.39 is 6.04 Å². The Kier molecular flexibility index (Phi) is 9.63. The molecule has 1 saturated heterocycles. The number of amides is 2. The summed E-state index contributed by atoms with van der Waals surface area (Å²) >= 11 is 0. The predicted octanol–water partition coefficient (Wildman–Crippen LogP) is 6.86. The number of hydrogen-bond acceptors (Lipinski definition) is 7. The fraction of sp³-hybridized carbons (Fsp3) is 0.182. The maximum atomic E-state index is 14.0. The molecule has 53 heavy (non-hydrogen) atoms. The minimum atomic E-state index is -0.833. The molecule has 3 heterocycles. The van der Waals surface area contributed by atoms with E-state index in [-0.39, 0.29) is 11.8 Å². The van der Waals surface area contributed by atoms with Gasteiger partial charge < -0.3 is 20.4 Å². The highest BCUT2D eigenvalue weighted by Gasteiger charge is 2.37. The number of carbonyl (C=O) groups excluding carboxylic acids is 2. The summed E-state index contributed by atoms with van der Waals surface area (Å²) in [5, 5.41) is 7.31. The first-order valence-electron chi connectivity index (χ1n) is 17.9. The van der Waals surface area contributed by atoms with Gasteiger partial charge in [-0.3, -0.25) is 14.5 Å². The van der Waals surface area contributed by atoms with Crippen LogP contribution in [0.25, 0.3) is 10.9 Å². The van der Waals surface area contributed by atoms with Crippen molar-refractivity contribution in [3.05, 3.63) is 161 Å². The van der Waals surface area contributed by atoms with E-state index in [1.54, 1.807) is 4.90 Å². The third kappa shape index (κ3) is 7.65. The number of aromatic nitrogens is 2. The normalized spacial score (nSPS) is 15.0. The van der Waals surface area contributed by atoms with Crippen LogP contribution in [-0.2, 0) is 17.9 Å². The second-order valence-corrected chi connectivity index (χ2v) is 13.6. The fourth-order valence-corrected chi connectivity index (χ4v) is 6.93. The highest BCUT2D eigenvalue weighted by atomic mass is 16.2. The monoisotopic (exact) mass is 697 g/mol. The first kappa shape index (κ1) is 33.8. The molecule has 2 aliphatic rings. The first-order valence-corrected chi connectivity index (χ1v) is 17.9. The van der Waals surface area contributed by atoms with Gasteiger partial charge in [0.15, 0.2) is 0 Å². The highest BCUT2D eigenvalue weighted by Crippen LogP contribution is 2.33. The molecule has 0 spiro atoms. The molecule has 0 bridgehead atoms. The zero-order valence-electron chi connectivity index (χ0n) is 29.5. The van der Waals surface area contributed by atoms with Gasteiger partial charge in [-0.2, -0.15) is 0 Å². The van der Waals surface area contributed by atoms with Crippen LogP contribution in [0.15, 0.2) is 128 Å². The molecule has 2 amide bonds. The molecule has 9 heteroatoms. The largest absolute Gasteiger partial charge is 0.340 e. The number of nitrogens with zero attached hydrogens (tertiary/aromatic N) is 5. The molecule has 1 atom stereocenters. The minimum absolute atomic E-state index is 0.184. The lowest BCUT2D eigenvalue weighted by molar-refractivity contribution is -0.120. The van der Waals surface area contributed by atoms with E-state index in [0.717, 1.165) is 71.6 Å². The van der Waals surface area contributed by atoms with E-state index in [9.17, 15) is 9.59 Å². The van der Waals surface area contributed by atoms with Gasteiger partial charge in [0, 0.05) is 72.7 Å². The molecule has 5 aromatic carbocycles. The summed E-state index contributed by atoms with van der Waals surface area (Å²) in [6, 6.07) is 38.0. The number of rotatable bonds is 8. The molecule has 2 aliphatic heterocycles. The molecule has 1 fully saturated rings.